The van der Waals surface area contributed by atoms with Crippen molar-refractivity contribution in [1.82, 2.24) is 15.0 Å². The molecule has 0 saturated carbocycles. The molecule has 0 atom stereocenters. The third-order valence-corrected chi connectivity index (χ3v) is 1.91. The van der Waals surface area contributed by atoms with Crippen LogP contribution in [0.4, 0.5) is 0 Å². The molecular formula is C12H9N3O. The van der Waals surface area contributed by atoms with E-state index in [2.05, 4.69) is 15.0 Å². The van der Waals surface area contributed by atoms with E-state index in [9.17, 15) is 4.79 Å². The maximum atomic E-state index is 11.6. The second-order valence-corrected chi connectivity index (χ2v) is 3.04. The van der Waals surface area contributed by atoms with Gasteiger partial charge in [0.15, 0.2) is 0 Å². The molecule has 16 heavy (non-hydrogen) atoms. The van der Waals surface area contributed by atoms with Crippen LogP contribution in [0.15, 0.2) is 49.1 Å². The molecule has 0 N–H and O–H groups in total. The number of ketones is 1. The van der Waals surface area contributed by atoms with Crippen molar-refractivity contribution in [1.29, 1.82) is 0 Å². The minimum absolute atomic E-state index is 0.182. The van der Waals surface area contributed by atoms with Crippen molar-refractivity contribution < 1.29 is 4.79 Å². The van der Waals surface area contributed by atoms with E-state index in [0.29, 0.717) is 5.69 Å². The summed E-state index contributed by atoms with van der Waals surface area (Å²) in [7, 11) is 0. The topological polar surface area (TPSA) is 55.7 Å². The van der Waals surface area contributed by atoms with Crippen molar-refractivity contribution >= 4 is 11.9 Å². The molecule has 4 heteroatoms. The van der Waals surface area contributed by atoms with Crippen LogP contribution in [-0.2, 0) is 0 Å². The van der Waals surface area contributed by atoms with Crippen LogP contribution < -0.4 is 0 Å². The van der Waals surface area contributed by atoms with Crippen LogP contribution in [0.3, 0.4) is 0 Å². The lowest BCUT2D eigenvalue weighted by atomic mass is 10.2. The number of hydrogen-bond donors (Lipinski definition) is 0. The standard InChI is InChI=1S/C12H9N3O/c16-12(11-9-13-7-8-15-11)5-4-10-3-1-2-6-14-10/h1-9H. The maximum absolute atomic E-state index is 11.6. The lowest BCUT2D eigenvalue weighted by Crippen LogP contribution is -1.98. The molecule has 0 bridgehead atoms. The van der Waals surface area contributed by atoms with Crippen LogP contribution >= 0.6 is 0 Å². The molecule has 2 aromatic rings. The predicted octanol–water partition coefficient (Wildman–Crippen LogP) is 1.77. The molecule has 4 nitrogen and oxygen atoms in total. The van der Waals surface area contributed by atoms with Gasteiger partial charge in [0.2, 0.25) is 5.78 Å². The maximum Gasteiger partial charge on any atom is 0.205 e. The van der Waals surface area contributed by atoms with Gasteiger partial charge in [-0.3, -0.25) is 14.8 Å². The molecule has 0 unspecified atom stereocenters. The van der Waals surface area contributed by atoms with Gasteiger partial charge in [0, 0.05) is 18.6 Å². The molecule has 2 rings (SSSR count). The highest BCUT2D eigenvalue weighted by atomic mass is 16.1. The largest absolute Gasteiger partial charge is 0.287 e. The molecule has 0 aromatic carbocycles. The SMILES string of the molecule is O=C(C=Cc1ccccn1)c1cnccn1. The molecule has 0 radical (unpaired) electrons. The van der Waals surface area contributed by atoms with Gasteiger partial charge in [-0.1, -0.05) is 6.07 Å². The van der Waals surface area contributed by atoms with Crippen LogP contribution in [0, 0.1) is 0 Å². The van der Waals surface area contributed by atoms with E-state index in [1.165, 1.54) is 24.7 Å². The van der Waals surface area contributed by atoms with Gasteiger partial charge < -0.3 is 0 Å². The van der Waals surface area contributed by atoms with E-state index in [-0.39, 0.29) is 5.78 Å². The fourth-order valence-corrected chi connectivity index (χ4v) is 1.15. The summed E-state index contributed by atoms with van der Waals surface area (Å²) >= 11 is 0. The summed E-state index contributed by atoms with van der Waals surface area (Å²) in [6.45, 7) is 0. The van der Waals surface area contributed by atoms with Gasteiger partial charge in [-0.15, -0.1) is 0 Å². The first-order valence-corrected chi connectivity index (χ1v) is 4.76. The first-order chi connectivity index (χ1) is 7.86. The number of nitrogens with zero attached hydrogens (tertiary/aromatic N) is 3. The number of carbonyl (C=O) groups is 1. The van der Waals surface area contributed by atoms with Crippen LogP contribution in [0.1, 0.15) is 16.2 Å². The number of hydrogen-bond acceptors (Lipinski definition) is 4. The van der Waals surface area contributed by atoms with Crippen molar-refractivity contribution in [3.63, 3.8) is 0 Å². The van der Waals surface area contributed by atoms with E-state index in [0.717, 1.165) is 5.69 Å². The summed E-state index contributed by atoms with van der Waals surface area (Å²) in [5.41, 5.74) is 1.06. The Hall–Kier alpha value is -2.36. The number of carbonyl (C=O) groups excluding carboxylic acids is 1. The quantitative estimate of drug-likeness (QED) is 0.573. The summed E-state index contributed by atoms with van der Waals surface area (Å²) in [6.07, 6.45) is 9.21. The minimum Gasteiger partial charge on any atom is -0.287 e. The summed E-state index contributed by atoms with van der Waals surface area (Å²) < 4.78 is 0. The zero-order valence-electron chi connectivity index (χ0n) is 8.45. The van der Waals surface area contributed by atoms with E-state index in [1.807, 2.05) is 18.2 Å². The average Bonchev–Trinajstić information content (AvgIpc) is 2.38. The van der Waals surface area contributed by atoms with Crippen LogP contribution in [0.25, 0.3) is 6.08 Å². The van der Waals surface area contributed by atoms with Gasteiger partial charge >= 0.3 is 0 Å². The van der Waals surface area contributed by atoms with Gasteiger partial charge in [-0.05, 0) is 24.3 Å². The lowest BCUT2D eigenvalue weighted by Gasteiger charge is -1.92. The lowest BCUT2D eigenvalue weighted by molar-refractivity contribution is 0.104. The fourth-order valence-electron chi connectivity index (χ4n) is 1.15. The van der Waals surface area contributed by atoms with Gasteiger partial charge in [-0.25, -0.2) is 4.98 Å². The highest BCUT2D eigenvalue weighted by Gasteiger charge is 2.01. The highest BCUT2D eigenvalue weighted by Crippen LogP contribution is 1.99. The summed E-state index contributed by atoms with van der Waals surface area (Å²) in [6, 6.07) is 5.50. The number of pyridine rings is 1. The molecule has 2 aromatic heterocycles. The zero-order chi connectivity index (χ0) is 11.2. The molecule has 0 aliphatic rings. The number of rotatable bonds is 3. The molecule has 78 valence electrons. The number of aromatic nitrogens is 3. The molecule has 0 aliphatic heterocycles. The first kappa shape index (κ1) is 10.2. The molecule has 0 saturated heterocycles. The molecule has 0 spiro atoms. The summed E-state index contributed by atoms with van der Waals surface area (Å²) in [4.78, 5) is 23.4. The fraction of sp³-hybridized carbons (Fsp3) is 0. The minimum atomic E-state index is -0.182. The van der Waals surface area contributed by atoms with E-state index in [4.69, 9.17) is 0 Å². The zero-order valence-corrected chi connectivity index (χ0v) is 8.45. The highest BCUT2D eigenvalue weighted by molar-refractivity contribution is 6.05. The van der Waals surface area contributed by atoms with Crippen LogP contribution in [0.5, 0.6) is 0 Å². The second-order valence-electron chi connectivity index (χ2n) is 3.04. The van der Waals surface area contributed by atoms with Crippen molar-refractivity contribution in [3.8, 4) is 0 Å². The van der Waals surface area contributed by atoms with Gasteiger partial charge in [0.1, 0.15) is 5.69 Å². The smallest absolute Gasteiger partial charge is 0.205 e. The summed E-state index contributed by atoms with van der Waals surface area (Å²) in [5.74, 6) is -0.182. The van der Waals surface area contributed by atoms with Crippen molar-refractivity contribution in [2.45, 2.75) is 0 Å². The Morgan fingerprint density at radius 3 is 2.75 bits per heavy atom. The van der Waals surface area contributed by atoms with Crippen LogP contribution in [0.2, 0.25) is 0 Å². The Labute approximate surface area is 92.7 Å². The molecular weight excluding hydrogens is 202 g/mol. The van der Waals surface area contributed by atoms with E-state index >= 15 is 0 Å². The van der Waals surface area contributed by atoms with E-state index in [1.54, 1.807) is 12.3 Å². The normalized spacial score (nSPS) is 10.5. The number of allylic oxidation sites excluding steroid dienone is 1. The van der Waals surface area contributed by atoms with E-state index < -0.39 is 0 Å². The Bertz CT molecular complexity index is 494. The second kappa shape index (κ2) is 4.93. The van der Waals surface area contributed by atoms with Gasteiger partial charge in [0.25, 0.3) is 0 Å². The van der Waals surface area contributed by atoms with Crippen LogP contribution in [-0.4, -0.2) is 20.7 Å². The molecule has 0 aliphatic carbocycles. The first-order valence-electron chi connectivity index (χ1n) is 4.76. The Morgan fingerprint density at radius 1 is 1.12 bits per heavy atom. The van der Waals surface area contributed by atoms with Gasteiger partial charge in [0.05, 0.1) is 11.9 Å². The van der Waals surface area contributed by atoms with Crippen molar-refractivity contribution in [3.05, 3.63) is 60.5 Å². The monoisotopic (exact) mass is 211 g/mol. The molecule has 2 heterocycles. The molecule has 0 amide bonds. The van der Waals surface area contributed by atoms with Crippen molar-refractivity contribution in [2.75, 3.05) is 0 Å². The third kappa shape index (κ3) is 2.57. The predicted molar refractivity (Wildman–Crippen MR) is 59.6 cm³/mol. The summed E-state index contributed by atoms with van der Waals surface area (Å²) in [5, 5.41) is 0. The van der Waals surface area contributed by atoms with Gasteiger partial charge in [-0.2, -0.15) is 0 Å². The Balaban J connectivity index is 2.12. The Morgan fingerprint density at radius 2 is 2.06 bits per heavy atom. The third-order valence-electron chi connectivity index (χ3n) is 1.91. The average molecular weight is 211 g/mol. The van der Waals surface area contributed by atoms with Crippen molar-refractivity contribution in [2.24, 2.45) is 0 Å². The molecule has 0 fully saturated rings. The Kier molecular flexibility index (Phi) is 3.13.